The summed E-state index contributed by atoms with van der Waals surface area (Å²) in [5, 5.41) is 2.81. The van der Waals surface area contributed by atoms with Crippen molar-refractivity contribution in [3.63, 3.8) is 0 Å². The van der Waals surface area contributed by atoms with Gasteiger partial charge in [0.2, 0.25) is 0 Å². The Balaban J connectivity index is 2.26. The molecule has 0 spiro atoms. The van der Waals surface area contributed by atoms with Gasteiger partial charge in [0.25, 0.3) is 0 Å². The van der Waals surface area contributed by atoms with Crippen LogP contribution in [0.4, 0.5) is 9.18 Å². The maximum atomic E-state index is 14.6. The smallest absolute Gasteiger partial charge is 0.408 e. The van der Waals surface area contributed by atoms with Gasteiger partial charge in [0, 0.05) is 0 Å². The lowest BCUT2D eigenvalue weighted by Crippen LogP contribution is -2.44. The van der Waals surface area contributed by atoms with Crippen LogP contribution in [0.2, 0.25) is 0 Å². The fraction of sp³-hybridized carbons (Fsp3) is 0.524. The van der Waals surface area contributed by atoms with Gasteiger partial charge in [-0.2, -0.15) is 0 Å². The molecule has 0 radical (unpaired) electrons. The molecule has 1 fully saturated rings. The number of allylic oxidation sites excluding steroid dienone is 1. The van der Waals surface area contributed by atoms with Crippen molar-refractivity contribution in [1.29, 1.82) is 0 Å². The number of halogens is 1. The molecule has 28 heavy (non-hydrogen) atoms. The number of amides is 1. The van der Waals surface area contributed by atoms with E-state index in [1.165, 1.54) is 13.2 Å². The minimum atomic E-state index is -0.824. The lowest BCUT2D eigenvalue weighted by Gasteiger charge is -2.26. The molecule has 0 aliphatic heterocycles. The Kier molecular flexibility index (Phi) is 6.69. The summed E-state index contributed by atoms with van der Waals surface area (Å²) in [6.07, 6.45) is 1.21. The molecule has 1 aliphatic rings. The molecule has 154 valence electrons. The van der Waals surface area contributed by atoms with E-state index < -0.39 is 29.6 Å². The van der Waals surface area contributed by atoms with E-state index in [0.29, 0.717) is 24.0 Å². The first-order valence-corrected chi connectivity index (χ1v) is 9.25. The minimum Gasteiger partial charge on any atom is -0.487 e. The maximum Gasteiger partial charge on any atom is 0.408 e. The molecule has 1 aliphatic carbocycles. The Morgan fingerprint density at radius 2 is 1.93 bits per heavy atom. The van der Waals surface area contributed by atoms with Crippen molar-refractivity contribution in [2.24, 2.45) is 0 Å². The first kappa shape index (κ1) is 21.7. The van der Waals surface area contributed by atoms with Gasteiger partial charge in [0.1, 0.15) is 28.8 Å². The van der Waals surface area contributed by atoms with Crippen LogP contribution in [0.15, 0.2) is 18.7 Å². The van der Waals surface area contributed by atoms with E-state index in [-0.39, 0.29) is 17.4 Å². The van der Waals surface area contributed by atoms with Crippen molar-refractivity contribution < 1.29 is 28.2 Å². The number of methoxy groups -OCH3 is 1. The molecule has 1 aromatic rings. The lowest BCUT2D eigenvalue weighted by molar-refractivity contribution is 0.0456. The number of hydrogen-bond acceptors (Lipinski definition) is 5. The minimum absolute atomic E-state index is 0.0766. The zero-order valence-electron chi connectivity index (χ0n) is 17.1. The highest BCUT2D eigenvalue weighted by atomic mass is 19.1. The highest BCUT2D eigenvalue weighted by molar-refractivity contribution is 5.93. The van der Waals surface area contributed by atoms with Gasteiger partial charge in [0.15, 0.2) is 0 Å². The van der Waals surface area contributed by atoms with Crippen LogP contribution in [0.25, 0.3) is 5.57 Å². The number of ether oxygens (including phenoxy) is 3. The molecule has 2 atom stereocenters. The Morgan fingerprint density at radius 1 is 1.25 bits per heavy atom. The van der Waals surface area contributed by atoms with Crippen LogP contribution in [0.5, 0.6) is 5.75 Å². The average molecular weight is 393 g/mol. The van der Waals surface area contributed by atoms with E-state index in [0.717, 1.165) is 6.42 Å². The van der Waals surface area contributed by atoms with Crippen LogP contribution >= 0.6 is 0 Å². The number of carbonyl (C=O) groups is 2. The highest BCUT2D eigenvalue weighted by Gasteiger charge is 2.33. The third kappa shape index (κ3) is 5.47. The predicted molar refractivity (Wildman–Crippen MR) is 104 cm³/mol. The summed E-state index contributed by atoms with van der Waals surface area (Å²) in [5.41, 5.74) is 0.274. The van der Waals surface area contributed by atoms with E-state index in [1.54, 1.807) is 33.8 Å². The second kappa shape index (κ2) is 8.63. The molecule has 1 saturated carbocycles. The predicted octanol–water partition coefficient (Wildman–Crippen LogP) is 4.47. The zero-order chi connectivity index (χ0) is 21.1. The van der Waals surface area contributed by atoms with E-state index in [9.17, 15) is 14.0 Å². The molecular weight excluding hydrogens is 365 g/mol. The Morgan fingerprint density at radius 3 is 2.50 bits per heavy atom. The number of hydrogen-bond donors (Lipinski definition) is 1. The Bertz CT molecular complexity index is 769. The molecule has 2 rings (SSSR count). The van der Waals surface area contributed by atoms with E-state index in [1.807, 2.05) is 0 Å². The van der Waals surface area contributed by atoms with Crippen molar-refractivity contribution in [1.82, 2.24) is 5.32 Å². The number of carbonyl (C=O) groups excluding carboxylic acids is 2. The summed E-state index contributed by atoms with van der Waals surface area (Å²) in [5.74, 6) is -1.49. The van der Waals surface area contributed by atoms with Gasteiger partial charge >= 0.3 is 12.1 Å². The van der Waals surface area contributed by atoms with Crippen molar-refractivity contribution in [2.45, 2.75) is 64.7 Å². The van der Waals surface area contributed by atoms with Gasteiger partial charge in [-0.05, 0) is 64.7 Å². The molecule has 7 heteroatoms. The van der Waals surface area contributed by atoms with Gasteiger partial charge < -0.3 is 19.5 Å². The van der Waals surface area contributed by atoms with Crippen molar-refractivity contribution in [3.8, 4) is 5.75 Å². The van der Waals surface area contributed by atoms with Gasteiger partial charge in [-0.3, -0.25) is 0 Å². The van der Waals surface area contributed by atoms with E-state index >= 15 is 0 Å². The molecule has 1 aromatic carbocycles. The fourth-order valence-electron chi connectivity index (χ4n) is 3.08. The lowest BCUT2D eigenvalue weighted by atomic mass is 10.0. The first-order valence-electron chi connectivity index (χ1n) is 9.25. The second-order valence-electron chi connectivity index (χ2n) is 7.94. The number of esters is 1. The maximum absolute atomic E-state index is 14.6. The topological polar surface area (TPSA) is 73.9 Å². The van der Waals surface area contributed by atoms with Gasteiger partial charge in [-0.1, -0.05) is 12.2 Å². The van der Waals surface area contributed by atoms with Crippen LogP contribution in [-0.2, 0) is 9.47 Å². The summed E-state index contributed by atoms with van der Waals surface area (Å²) in [7, 11) is 1.18. The average Bonchev–Trinajstić information content (AvgIpc) is 2.98. The van der Waals surface area contributed by atoms with Crippen LogP contribution in [0.1, 0.15) is 62.9 Å². The Hall–Kier alpha value is -2.57. The molecule has 0 heterocycles. The highest BCUT2D eigenvalue weighted by Crippen LogP contribution is 2.32. The molecule has 1 N–H and O–H groups in total. The summed E-state index contributed by atoms with van der Waals surface area (Å²) in [6.45, 7) is 10.9. The number of benzene rings is 1. The number of nitrogens with one attached hydrogen (secondary N) is 1. The largest absolute Gasteiger partial charge is 0.487 e. The first-order chi connectivity index (χ1) is 13.0. The number of alkyl carbamates (subject to hydrolysis) is 1. The third-order valence-corrected chi connectivity index (χ3v) is 4.37. The summed E-state index contributed by atoms with van der Waals surface area (Å²) >= 11 is 0. The SMILES string of the molecule is C=C(C)c1cc(F)c(C(=O)OC)c(O[C@@H]2CCC[C@H]2NC(=O)OC(C)(C)C)c1. The van der Waals surface area contributed by atoms with Crippen LogP contribution in [-0.4, -0.2) is 36.9 Å². The van der Waals surface area contributed by atoms with Crippen LogP contribution in [0, 0.1) is 5.82 Å². The summed E-state index contributed by atoms with van der Waals surface area (Å²) in [6, 6.07) is 2.49. The standard InChI is InChI=1S/C21H28FNO5/c1-12(2)13-10-14(22)18(19(24)26-6)17(11-13)27-16-9-7-8-15(16)23-20(25)28-21(3,4)5/h10-11,15-16H,1,7-9H2,2-6H3,(H,23,25)/t15-,16-/m1/s1. The van der Waals surface area contributed by atoms with Gasteiger partial charge in [0.05, 0.1) is 13.2 Å². The summed E-state index contributed by atoms with van der Waals surface area (Å²) in [4.78, 5) is 24.2. The van der Waals surface area contributed by atoms with Crippen molar-refractivity contribution >= 4 is 17.6 Å². The second-order valence-corrected chi connectivity index (χ2v) is 7.94. The molecular formula is C21H28FNO5. The van der Waals surface area contributed by atoms with Crippen LogP contribution in [0.3, 0.4) is 0 Å². The number of rotatable bonds is 5. The summed E-state index contributed by atoms with van der Waals surface area (Å²) < 4.78 is 30.5. The quantitative estimate of drug-likeness (QED) is 0.747. The molecule has 0 aromatic heterocycles. The van der Waals surface area contributed by atoms with E-state index in [4.69, 9.17) is 14.2 Å². The van der Waals surface area contributed by atoms with Gasteiger partial charge in [-0.25, -0.2) is 14.0 Å². The Labute approximate surface area is 165 Å². The van der Waals surface area contributed by atoms with Crippen LogP contribution < -0.4 is 10.1 Å². The molecule has 0 saturated heterocycles. The van der Waals surface area contributed by atoms with Gasteiger partial charge in [-0.15, -0.1) is 0 Å². The van der Waals surface area contributed by atoms with E-state index in [2.05, 4.69) is 11.9 Å². The molecule has 6 nitrogen and oxygen atoms in total. The monoisotopic (exact) mass is 393 g/mol. The third-order valence-electron chi connectivity index (χ3n) is 4.37. The normalized spacial score (nSPS) is 19.1. The fourth-order valence-corrected chi connectivity index (χ4v) is 3.08. The molecule has 1 amide bonds. The van der Waals surface area contributed by atoms with Crippen molar-refractivity contribution in [3.05, 3.63) is 35.7 Å². The zero-order valence-corrected chi connectivity index (χ0v) is 17.1. The molecule has 0 unspecified atom stereocenters. The molecule has 0 bridgehead atoms. The van der Waals surface area contributed by atoms with Crippen molar-refractivity contribution in [2.75, 3.05) is 7.11 Å².